The highest BCUT2D eigenvalue weighted by Gasteiger charge is 2.36. The fourth-order valence-electron chi connectivity index (χ4n) is 7.56. The van der Waals surface area contributed by atoms with Crippen LogP contribution in [-0.2, 0) is 37.5 Å². The number of amides is 3. The van der Waals surface area contributed by atoms with Crippen LogP contribution >= 0.6 is 11.3 Å². The van der Waals surface area contributed by atoms with Gasteiger partial charge in [0.15, 0.2) is 16.6 Å². The first-order valence-corrected chi connectivity index (χ1v) is 22.3. The summed E-state index contributed by atoms with van der Waals surface area (Å²) in [5.41, 5.74) is 8.78. The number of halogens is 1. The van der Waals surface area contributed by atoms with E-state index >= 15 is 4.39 Å². The van der Waals surface area contributed by atoms with Gasteiger partial charge in [-0.2, -0.15) is 0 Å². The Morgan fingerprint density at radius 1 is 0.969 bits per heavy atom. The van der Waals surface area contributed by atoms with Crippen LogP contribution in [0.4, 0.5) is 9.52 Å². The second kappa shape index (κ2) is 22.6. The van der Waals surface area contributed by atoms with Crippen molar-refractivity contribution in [3.63, 3.8) is 0 Å². The third-order valence-electron chi connectivity index (χ3n) is 10.8. The van der Waals surface area contributed by atoms with Crippen molar-refractivity contribution in [3.05, 3.63) is 125 Å². The summed E-state index contributed by atoms with van der Waals surface area (Å²) in [5.74, 6) is -2.17. The number of hydrogen-bond donors (Lipinski definition) is 7. The van der Waals surface area contributed by atoms with Gasteiger partial charge in [-0.3, -0.25) is 14.4 Å². The van der Waals surface area contributed by atoms with E-state index in [0.29, 0.717) is 35.8 Å². The smallest absolute Gasteiger partial charge is 0.335 e. The van der Waals surface area contributed by atoms with Crippen LogP contribution < -0.4 is 36.5 Å². The predicted octanol–water partition coefficient (Wildman–Crippen LogP) is 5.80. The number of aromatic nitrogens is 1. The number of rotatable bonds is 22. The van der Waals surface area contributed by atoms with E-state index in [4.69, 9.17) is 19.9 Å². The lowest BCUT2D eigenvalue weighted by Gasteiger charge is -2.37. The lowest BCUT2D eigenvalue weighted by Crippen LogP contribution is -2.54. The molecule has 0 bridgehead atoms. The van der Waals surface area contributed by atoms with Crippen LogP contribution in [0.2, 0.25) is 0 Å². The molecule has 4 atom stereocenters. The van der Waals surface area contributed by atoms with Crippen molar-refractivity contribution in [2.75, 3.05) is 38.2 Å². The first kappa shape index (κ1) is 48.2. The van der Waals surface area contributed by atoms with Gasteiger partial charge in [-0.15, -0.1) is 11.3 Å². The number of benzene rings is 4. The summed E-state index contributed by atoms with van der Waals surface area (Å²) in [7, 11) is 0. The number of aromatic carboxylic acids is 1. The Kier molecular flexibility index (Phi) is 16.8. The Morgan fingerprint density at radius 3 is 2.43 bits per heavy atom. The Balaban J connectivity index is 1.09. The van der Waals surface area contributed by atoms with Crippen LogP contribution in [0.3, 0.4) is 0 Å². The average Bonchev–Trinajstić information content (AvgIpc) is 3.79. The molecule has 17 heteroatoms. The molecule has 8 N–H and O–H groups in total. The van der Waals surface area contributed by atoms with Crippen molar-refractivity contribution in [2.24, 2.45) is 11.7 Å². The number of nitrogens with one attached hydrogen (secondary N) is 4. The molecule has 0 spiro atoms. The number of ether oxygens (including phenoxy) is 3. The van der Waals surface area contributed by atoms with Gasteiger partial charge in [0.05, 0.1) is 18.8 Å². The topological polar surface area (TPSA) is 223 Å². The monoisotopic (exact) mass is 910 g/mol. The Labute approximate surface area is 380 Å². The Morgan fingerprint density at radius 2 is 1.74 bits per heavy atom. The zero-order chi connectivity index (χ0) is 46.5. The third-order valence-corrected chi connectivity index (χ3v) is 11.5. The van der Waals surface area contributed by atoms with Crippen molar-refractivity contribution in [1.29, 1.82) is 0 Å². The molecule has 0 fully saturated rings. The molecule has 0 radical (unpaired) electrons. The Hall–Kier alpha value is -6.24. The molecule has 0 saturated heterocycles. The molecule has 0 aliphatic carbocycles. The second-order valence-electron chi connectivity index (χ2n) is 16.4. The Bertz CT molecular complexity index is 2400. The number of carboxylic acids is 1. The van der Waals surface area contributed by atoms with Gasteiger partial charge >= 0.3 is 5.97 Å². The highest BCUT2D eigenvalue weighted by Crippen LogP contribution is 2.42. The van der Waals surface area contributed by atoms with Gasteiger partial charge in [-0.25, -0.2) is 14.2 Å². The summed E-state index contributed by atoms with van der Waals surface area (Å²) in [6.07, 6.45) is 1.44. The largest absolute Gasteiger partial charge is 0.487 e. The molecule has 1 aliphatic heterocycles. The molecule has 5 aromatic rings. The molecule has 65 heavy (non-hydrogen) atoms. The van der Waals surface area contributed by atoms with Gasteiger partial charge in [0.25, 0.3) is 5.91 Å². The maximum atomic E-state index is 15.6. The van der Waals surface area contributed by atoms with Gasteiger partial charge in [-0.05, 0) is 90.8 Å². The number of hydrogen-bond acceptors (Lipinski definition) is 12. The van der Waals surface area contributed by atoms with Crippen LogP contribution in [0.5, 0.6) is 17.2 Å². The lowest BCUT2D eigenvalue weighted by molar-refractivity contribution is -0.135. The molecule has 4 aromatic carbocycles. The molecular formula is C48H55FN6O9S. The maximum Gasteiger partial charge on any atom is 0.335 e. The number of aliphatic hydroxyl groups excluding tert-OH is 1. The standard InChI is InChI=1S/C48H55FN6O9S/c1-29(2)23-39(54-45(59)43(57)38(50)24-30-7-5-4-6-8-30)44(58)51-17-19-62-20-21-63-40-25-33-15-16-53-48(3,28-42(56)55-47-52-18-22-65-47)36(33)27-41(40)64-34-13-14-35(37(49)26-34)31-9-11-32(12-10-31)46(60)61/h4-14,18,22,25-27,29,38-39,43,53,57H,15-17,19-21,23-24,28,50H2,1-3H3,(H,51,58)(H,54,59)(H,60,61)(H,52,55,56)/t38?,39?,43?,48-/m1/s1. The van der Waals surface area contributed by atoms with Gasteiger partial charge < -0.3 is 51.4 Å². The van der Waals surface area contributed by atoms with Crippen LogP contribution in [0.15, 0.2) is 96.5 Å². The third kappa shape index (κ3) is 13.4. The number of anilines is 1. The van der Waals surface area contributed by atoms with Gasteiger partial charge in [-0.1, -0.05) is 56.3 Å². The summed E-state index contributed by atoms with van der Waals surface area (Å²) >= 11 is 1.32. The van der Waals surface area contributed by atoms with Crippen molar-refractivity contribution in [1.82, 2.24) is 20.9 Å². The first-order chi connectivity index (χ1) is 31.2. The predicted molar refractivity (Wildman–Crippen MR) is 245 cm³/mol. The maximum absolute atomic E-state index is 15.6. The number of nitrogens with zero attached hydrogens (tertiary/aromatic N) is 1. The van der Waals surface area contributed by atoms with Crippen LogP contribution in [0, 0.1) is 11.7 Å². The summed E-state index contributed by atoms with van der Waals surface area (Å²) in [4.78, 5) is 54.8. The molecule has 15 nitrogen and oxygen atoms in total. The van der Waals surface area contributed by atoms with Crippen molar-refractivity contribution in [2.45, 2.75) is 70.2 Å². The number of thiazole rings is 1. The van der Waals surface area contributed by atoms with E-state index < -0.39 is 47.3 Å². The van der Waals surface area contributed by atoms with Crippen molar-refractivity contribution < 1.29 is 48.0 Å². The molecular weight excluding hydrogens is 856 g/mol. The zero-order valence-corrected chi connectivity index (χ0v) is 37.3. The van der Waals surface area contributed by atoms with Crippen LogP contribution in [0.1, 0.15) is 60.7 Å². The van der Waals surface area contributed by atoms with E-state index in [0.717, 1.165) is 16.7 Å². The van der Waals surface area contributed by atoms with E-state index in [1.54, 1.807) is 29.8 Å². The summed E-state index contributed by atoms with van der Waals surface area (Å²) in [6.45, 7) is 6.85. The molecule has 6 rings (SSSR count). The molecule has 2 heterocycles. The highest BCUT2D eigenvalue weighted by molar-refractivity contribution is 7.13. The van der Waals surface area contributed by atoms with E-state index in [1.807, 2.05) is 57.2 Å². The van der Waals surface area contributed by atoms with Crippen molar-refractivity contribution >= 4 is 40.2 Å². The zero-order valence-electron chi connectivity index (χ0n) is 36.5. The molecule has 344 valence electrons. The molecule has 3 unspecified atom stereocenters. The van der Waals surface area contributed by atoms with E-state index in [-0.39, 0.29) is 73.7 Å². The minimum atomic E-state index is -1.51. The fraction of sp³-hybridized carbons (Fsp3) is 0.354. The SMILES string of the molecule is CC(C)CC(NC(=O)C(O)C(N)Cc1ccccc1)C(=O)NCCOCCOc1cc2c(cc1Oc1ccc(-c3ccc(C(=O)O)cc3)c(F)c1)[C@@](C)(CC(=O)Nc1nccs1)NCC2. The second-order valence-corrected chi connectivity index (χ2v) is 17.3. The summed E-state index contributed by atoms with van der Waals surface area (Å²) in [6, 6.07) is 21.4. The number of carbonyl (C=O) groups is 4. The number of fused-ring (bicyclic) bond motifs is 1. The minimum absolute atomic E-state index is 0.0638. The molecule has 0 saturated carbocycles. The molecule has 3 amide bonds. The number of aliphatic hydroxyl groups is 1. The van der Waals surface area contributed by atoms with Gasteiger partial charge in [0.1, 0.15) is 30.3 Å². The summed E-state index contributed by atoms with van der Waals surface area (Å²) in [5, 5.41) is 34.0. The van der Waals surface area contributed by atoms with E-state index in [9.17, 15) is 29.4 Å². The van der Waals surface area contributed by atoms with E-state index in [2.05, 4.69) is 26.3 Å². The van der Waals surface area contributed by atoms with E-state index in [1.165, 1.54) is 41.7 Å². The lowest BCUT2D eigenvalue weighted by atomic mass is 9.81. The normalized spacial score (nSPS) is 15.9. The number of carboxylic acid groups (broad SMARTS) is 1. The van der Waals surface area contributed by atoms with Gasteiger partial charge in [0.2, 0.25) is 11.8 Å². The highest BCUT2D eigenvalue weighted by atomic mass is 32.1. The quantitative estimate of drug-likeness (QED) is 0.0410. The van der Waals surface area contributed by atoms with Gasteiger partial charge in [0, 0.05) is 54.3 Å². The first-order valence-electron chi connectivity index (χ1n) is 21.4. The molecule has 1 aromatic heterocycles. The minimum Gasteiger partial charge on any atom is -0.487 e. The average molecular weight is 911 g/mol. The summed E-state index contributed by atoms with van der Waals surface area (Å²) < 4.78 is 33.9. The fourth-order valence-corrected chi connectivity index (χ4v) is 8.10. The van der Waals surface area contributed by atoms with Crippen LogP contribution in [0.25, 0.3) is 11.1 Å². The van der Waals surface area contributed by atoms with Crippen molar-refractivity contribution in [3.8, 4) is 28.4 Å². The molecule has 1 aliphatic rings. The number of carbonyl (C=O) groups excluding carboxylic acids is 3. The number of nitrogens with two attached hydrogens (primary N) is 1. The van der Waals surface area contributed by atoms with Crippen LogP contribution in [-0.4, -0.2) is 90.0 Å².